The molecule has 0 aromatic carbocycles. The summed E-state index contributed by atoms with van der Waals surface area (Å²) in [6.07, 6.45) is 0. The molecule has 0 bridgehead atoms. The molecule has 0 amide bonds. The number of allylic oxidation sites excluding steroid dienone is 4. The van der Waals surface area contributed by atoms with Crippen molar-refractivity contribution in [1.29, 1.82) is 0 Å². The summed E-state index contributed by atoms with van der Waals surface area (Å²) in [4.78, 5) is 7.25. The van der Waals surface area contributed by atoms with Crippen molar-refractivity contribution < 1.29 is 19.5 Å². The zero-order valence-corrected chi connectivity index (χ0v) is 19.9. The monoisotopic (exact) mass is 445 g/mol. The summed E-state index contributed by atoms with van der Waals surface area (Å²) in [5, 5.41) is 0. The largest absolute Gasteiger partial charge is 3.00 e. The van der Waals surface area contributed by atoms with Gasteiger partial charge in [0.2, 0.25) is 0 Å². The van der Waals surface area contributed by atoms with E-state index in [1.807, 2.05) is 41.5 Å². The van der Waals surface area contributed by atoms with E-state index in [-0.39, 0.29) is 29.0 Å². The normalized spacial score (nSPS) is 14.7. The minimum atomic E-state index is 0. The number of hydrogen-bond donors (Lipinski definition) is 0. The van der Waals surface area contributed by atoms with Gasteiger partial charge < -0.3 is 35.8 Å². The van der Waals surface area contributed by atoms with E-state index in [0.29, 0.717) is 0 Å². The van der Waals surface area contributed by atoms with Crippen molar-refractivity contribution in [2.75, 3.05) is 0 Å². The second-order valence-corrected chi connectivity index (χ2v) is 9.80. The van der Waals surface area contributed by atoms with Gasteiger partial charge in [0.15, 0.2) is 0 Å². The molecule has 0 heterocycles. The van der Waals surface area contributed by atoms with Gasteiger partial charge in [0.25, 0.3) is 0 Å². The molecule has 1 aliphatic carbocycles. The van der Waals surface area contributed by atoms with Crippen LogP contribution in [0.15, 0.2) is 22.3 Å². The van der Waals surface area contributed by atoms with Crippen molar-refractivity contribution in [3.63, 3.8) is 0 Å². The molecule has 136 valence electrons. The van der Waals surface area contributed by atoms with Gasteiger partial charge in [-0.3, -0.25) is 0 Å². The Hall–Kier alpha value is 0.403. The molecule has 5 heteroatoms. The fourth-order valence-corrected chi connectivity index (χ4v) is 1.41. The number of nitroso groups, excluding NO2 is 1. The SMILES string of the molecule is CC(C)(C)[S-].CC(C)(C)[S-].C[C]1C(C)=C(C)C(C)=C1C.[N-]=O.[Ru+3]. The summed E-state index contributed by atoms with van der Waals surface area (Å²) in [7, 11) is 0. The summed E-state index contributed by atoms with van der Waals surface area (Å²) in [6, 6.07) is 0. The Bertz CT molecular complexity index is 343. The molecule has 0 unspecified atom stereocenters. The van der Waals surface area contributed by atoms with Crippen LogP contribution in [0.4, 0.5) is 0 Å². The van der Waals surface area contributed by atoms with Gasteiger partial charge in [-0.15, -0.1) is 0 Å². The summed E-state index contributed by atoms with van der Waals surface area (Å²) < 4.78 is 0.167. The Balaban J connectivity index is -0.000000120. The molecular weight excluding hydrogens is 411 g/mol. The predicted octanol–water partition coefficient (Wildman–Crippen LogP) is 6.25. The van der Waals surface area contributed by atoms with Crippen LogP contribution >= 0.6 is 0 Å². The van der Waals surface area contributed by atoms with Gasteiger partial charge in [-0.25, -0.2) is 0 Å². The summed E-state index contributed by atoms with van der Waals surface area (Å²) in [5.41, 5.74) is 11.6. The van der Waals surface area contributed by atoms with Gasteiger partial charge in [-0.05, 0) is 38.8 Å². The molecule has 2 nitrogen and oxygen atoms in total. The third-order valence-corrected chi connectivity index (χ3v) is 2.81. The molecule has 1 rings (SSSR count). The first-order valence-electron chi connectivity index (χ1n) is 7.34. The molecule has 0 saturated heterocycles. The minimum absolute atomic E-state index is 0. The van der Waals surface area contributed by atoms with E-state index < -0.39 is 0 Å². The first kappa shape index (κ1) is 31.2. The smallest absolute Gasteiger partial charge is 0.787 e. The first-order chi connectivity index (χ1) is 9.55. The quantitative estimate of drug-likeness (QED) is 0.327. The van der Waals surface area contributed by atoms with Crippen LogP contribution in [0.5, 0.6) is 0 Å². The van der Waals surface area contributed by atoms with E-state index >= 15 is 0 Å². The average molecular weight is 445 g/mol. The van der Waals surface area contributed by atoms with Gasteiger partial charge >= 0.3 is 19.5 Å². The molecule has 0 aromatic rings. The maximum absolute atomic E-state index is 7.25. The Morgan fingerprint density at radius 1 is 0.609 bits per heavy atom. The fraction of sp³-hybridized carbons (Fsp3) is 0.722. The summed E-state index contributed by atoms with van der Waals surface area (Å²) in [5.74, 6) is 1.47. The van der Waals surface area contributed by atoms with Crippen molar-refractivity contribution >= 4 is 25.3 Å². The van der Waals surface area contributed by atoms with Crippen LogP contribution in [0.3, 0.4) is 0 Å². The molecule has 0 N–H and O–H groups in total. The predicted molar refractivity (Wildman–Crippen MR) is 107 cm³/mol. The standard InChI is InChI=1S/C10H15.2C4H10S.NO.Ru/c1-6-7(2)9(4)10(5)8(6)3;2*1-4(2,3)5;1-2;/h1-5H3;2*5H,1-3H3;;/q;;;-1;+3/p-2. The molecule has 0 fully saturated rings. The number of hydrogen-bond acceptors (Lipinski definition) is 3. The maximum atomic E-state index is 7.25. The minimum Gasteiger partial charge on any atom is -0.787 e. The average Bonchev–Trinajstić information content (AvgIpc) is 2.46. The maximum Gasteiger partial charge on any atom is 3.00 e. The van der Waals surface area contributed by atoms with Crippen molar-refractivity contribution in [2.24, 2.45) is 0 Å². The topological polar surface area (TPSA) is 39.4 Å². The summed E-state index contributed by atoms with van der Waals surface area (Å²) in [6.45, 7) is 23.0. The zero-order chi connectivity index (χ0) is 18.9. The van der Waals surface area contributed by atoms with Crippen molar-refractivity contribution in [3.8, 4) is 0 Å². The van der Waals surface area contributed by atoms with Crippen molar-refractivity contribution in [1.82, 2.24) is 0 Å². The molecular formula is C18H33NORuS2. The Kier molecular flexibility index (Phi) is 18.5. The van der Waals surface area contributed by atoms with Crippen molar-refractivity contribution in [2.45, 2.75) is 85.7 Å². The van der Waals surface area contributed by atoms with Crippen LogP contribution < -0.4 is 0 Å². The fourth-order valence-electron chi connectivity index (χ4n) is 1.41. The second-order valence-electron chi connectivity index (χ2n) is 7.35. The van der Waals surface area contributed by atoms with E-state index in [1.54, 1.807) is 0 Å². The van der Waals surface area contributed by atoms with E-state index in [0.717, 1.165) is 0 Å². The molecule has 0 aromatic heterocycles. The molecule has 0 aliphatic heterocycles. The van der Waals surface area contributed by atoms with E-state index in [4.69, 9.17) is 35.8 Å². The Morgan fingerprint density at radius 3 is 0.783 bits per heavy atom. The molecule has 2 radical (unpaired) electrons. The number of nitrogens with zero attached hydrogens (tertiary/aromatic N) is 1. The van der Waals surface area contributed by atoms with Gasteiger partial charge in [-0.2, -0.15) is 9.49 Å². The van der Waals surface area contributed by atoms with Crippen LogP contribution in [-0.2, 0) is 44.7 Å². The van der Waals surface area contributed by atoms with Crippen LogP contribution in [0.25, 0.3) is 5.59 Å². The number of rotatable bonds is 0. The van der Waals surface area contributed by atoms with Crippen LogP contribution in [-0.4, -0.2) is 9.49 Å². The molecule has 23 heavy (non-hydrogen) atoms. The zero-order valence-electron chi connectivity index (χ0n) is 16.5. The van der Waals surface area contributed by atoms with Crippen LogP contribution in [0, 0.1) is 10.8 Å². The second kappa shape index (κ2) is 13.7. The van der Waals surface area contributed by atoms with Gasteiger partial charge in [0.1, 0.15) is 0 Å². The first-order valence-corrected chi connectivity index (χ1v) is 8.16. The van der Waals surface area contributed by atoms with Gasteiger partial charge in [0.05, 0.1) is 0 Å². The summed E-state index contributed by atoms with van der Waals surface area (Å²) >= 11 is 9.65. The van der Waals surface area contributed by atoms with Crippen LogP contribution in [0.2, 0.25) is 0 Å². The molecule has 1 aliphatic rings. The molecule has 0 saturated carbocycles. The Labute approximate surface area is 168 Å². The van der Waals surface area contributed by atoms with E-state index in [2.05, 4.69) is 34.6 Å². The third kappa shape index (κ3) is 22.4. The van der Waals surface area contributed by atoms with E-state index in [1.165, 1.54) is 28.2 Å². The van der Waals surface area contributed by atoms with E-state index in [9.17, 15) is 0 Å². The third-order valence-electron chi connectivity index (χ3n) is 2.81. The van der Waals surface area contributed by atoms with Gasteiger partial charge in [0, 0.05) is 5.92 Å². The molecule has 0 atom stereocenters. The van der Waals surface area contributed by atoms with Crippen LogP contribution in [0.1, 0.15) is 76.2 Å². The molecule has 0 spiro atoms. The van der Waals surface area contributed by atoms with Gasteiger partial charge in [-0.1, -0.05) is 59.6 Å². The van der Waals surface area contributed by atoms with Crippen molar-refractivity contribution in [3.05, 3.63) is 38.7 Å². The Morgan fingerprint density at radius 2 is 0.739 bits per heavy atom.